The number of anilines is 3. The number of nitrogens with one attached hydrogen (secondary N) is 1. The van der Waals surface area contributed by atoms with Crippen molar-refractivity contribution in [1.29, 1.82) is 0 Å². The van der Waals surface area contributed by atoms with Gasteiger partial charge in [-0.15, -0.1) is 0 Å². The third-order valence-electron chi connectivity index (χ3n) is 8.79. The van der Waals surface area contributed by atoms with Gasteiger partial charge in [-0.05, 0) is 63.7 Å². The number of halogens is 3. The number of aromatic nitrogens is 2. The third-order valence-corrected chi connectivity index (χ3v) is 8.79. The van der Waals surface area contributed by atoms with Gasteiger partial charge in [-0.2, -0.15) is 18.2 Å². The lowest BCUT2D eigenvalue weighted by atomic mass is 9.72. The summed E-state index contributed by atoms with van der Waals surface area (Å²) < 4.78 is 53.1. The van der Waals surface area contributed by atoms with Crippen molar-refractivity contribution in [2.24, 2.45) is 5.41 Å². The van der Waals surface area contributed by atoms with Crippen molar-refractivity contribution in [1.82, 2.24) is 19.8 Å². The second-order valence-electron chi connectivity index (χ2n) is 11.5. The second-order valence-corrected chi connectivity index (χ2v) is 11.5. The van der Waals surface area contributed by atoms with Gasteiger partial charge in [0, 0.05) is 43.5 Å². The number of carbonyl (C=O) groups excluding carboxylic acids is 1. The number of methoxy groups -OCH3 is 1. The molecule has 222 valence electrons. The molecule has 1 N–H and O–H groups in total. The minimum Gasteiger partial charge on any atom is -0.494 e. The van der Waals surface area contributed by atoms with Gasteiger partial charge < -0.3 is 29.5 Å². The molecule has 2 aromatic carbocycles. The second kappa shape index (κ2) is 10.3. The van der Waals surface area contributed by atoms with Crippen molar-refractivity contribution >= 4 is 23.2 Å². The van der Waals surface area contributed by atoms with Crippen LogP contribution in [0.4, 0.5) is 30.5 Å². The van der Waals surface area contributed by atoms with Gasteiger partial charge in [0.05, 0.1) is 24.4 Å². The van der Waals surface area contributed by atoms with E-state index in [-0.39, 0.29) is 29.2 Å². The van der Waals surface area contributed by atoms with Gasteiger partial charge in [0.1, 0.15) is 17.1 Å². The van der Waals surface area contributed by atoms with E-state index in [4.69, 9.17) is 9.47 Å². The molecule has 1 amide bonds. The highest BCUT2D eigenvalue weighted by atomic mass is 19.4. The molecule has 6 rings (SSSR count). The van der Waals surface area contributed by atoms with Crippen molar-refractivity contribution < 1.29 is 27.4 Å². The first-order chi connectivity index (χ1) is 20.0. The fourth-order valence-electron chi connectivity index (χ4n) is 6.03. The van der Waals surface area contributed by atoms with Crippen LogP contribution in [-0.2, 0) is 6.18 Å². The average molecular weight is 583 g/mol. The summed E-state index contributed by atoms with van der Waals surface area (Å²) in [7, 11) is 5.33. The van der Waals surface area contributed by atoms with E-state index in [0.717, 1.165) is 31.9 Å². The number of hydrogen-bond acceptors (Lipinski definition) is 8. The number of piperidine rings is 1. The number of hydrogen-bond donors (Lipinski definition) is 1. The molecule has 3 aromatic rings. The Balaban J connectivity index is 1.25. The van der Waals surface area contributed by atoms with Crippen molar-refractivity contribution in [2.75, 3.05) is 57.6 Å². The summed E-state index contributed by atoms with van der Waals surface area (Å²) in [5.74, 6) is -0.637. The molecule has 3 aliphatic heterocycles. The smallest absolute Gasteiger partial charge is 0.423 e. The maximum absolute atomic E-state index is 13.9. The predicted octanol–water partition coefficient (Wildman–Crippen LogP) is 5.72. The van der Waals surface area contributed by atoms with Gasteiger partial charge in [0.2, 0.25) is 11.8 Å². The molecular formula is C30H33F3N6O3. The monoisotopic (exact) mass is 582 g/mol. The number of amides is 1. The molecule has 0 radical (unpaired) electrons. The molecule has 12 heteroatoms. The lowest BCUT2D eigenvalue weighted by Gasteiger charge is -2.54. The number of ether oxygens (including phenoxy) is 2. The lowest BCUT2D eigenvalue weighted by Crippen LogP contribution is -2.60. The Bertz CT molecular complexity index is 1510. The SMILES string of the molecule is COc1cc(N2CC3(CCN(C)CC3)C2)ccc1Nc1ncc(C(F)(F)F)c(Oc2cccc3c2C(=O)N(C)C3C)n1. The molecule has 0 aliphatic carbocycles. The molecule has 1 unspecified atom stereocenters. The molecule has 2 saturated heterocycles. The zero-order valence-electron chi connectivity index (χ0n) is 24.0. The number of likely N-dealkylation sites (tertiary alicyclic amines) is 1. The first-order valence-corrected chi connectivity index (χ1v) is 13.9. The predicted molar refractivity (Wildman–Crippen MR) is 152 cm³/mol. The molecule has 3 aliphatic rings. The summed E-state index contributed by atoms with van der Waals surface area (Å²) in [5.41, 5.74) is 1.61. The Labute approximate surface area is 242 Å². The highest BCUT2D eigenvalue weighted by Gasteiger charge is 2.44. The van der Waals surface area contributed by atoms with Crippen LogP contribution < -0.4 is 19.7 Å². The minimum absolute atomic E-state index is 0.00251. The van der Waals surface area contributed by atoms with Crippen LogP contribution in [0.3, 0.4) is 0 Å². The van der Waals surface area contributed by atoms with Gasteiger partial charge in [0.25, 0.3) is 5.91 Å². The van der Waals surface area contributed by atoms with E-state index < -0.39 is 17.6 Å². The highest BCUT2D eigenvalue weighted by Crippen LogP contribution is 2.45. The first-order valence-electron chi connectivity index (χ1n) is 13.9. The summed E-state index contributed by atoms with van der Waals surface area (Å²) in [6, 6.07) is 10.3. The number of carbonyl (C=O) groups is 1. The number of nitrogens with zero attached hydrogens (tertiary/aromatic N) is 5. The zero-order valence-corrected chi connectivity index (χ0v) is 24.0. The first kappa shape index (κ1) is 28.1. The van der Waals surface area contributed by atoms with E-state index in [2.05, 4.69) is 32.1 Å². The molecule has 4 heterocycles. The van der Waals surface area contributed by atoms with Gasteiger partial charge >= 0.3 is 6.18 Å². The van der Waals surface area contributed by atoms with Gasteiger partial charge in [-0.1, -0.05) is 12.1 Å². The van der Waals surface area contributed by atoms with Crippen molar-refractivity contribution in [3.8, 4) is 17.4 Å². The lowest BCUT2D eigenvalue weighted by molar-refractivity contribution is -0.139. The Morgan fingerprint density at radius 3 is 2.50 bits per heavy atom. The molecule has 0 saturated carbocycles. The number of rotatable bonds is 6. The maximum Gasteiger partial charge on any atom is 0.423 e. The van der Waals surface area contributed by atoms with Crippen LogP contribution in [0, 0.1) is 5.41 Å². The van der Waals surface area contributed by atoms with Crippen LogP contribution in [-0.4, -0.2) is 73.1 Å². The van der Waals surface area contributed by atoms with Gasteiger partial charge in [-0.25, -0.2) is 4.98 Å². The van der Waals surface area contributed by atoms with Crippen LogP contribution in [0.15, 0.2) is 42.6 Å². The fraction of sp³-hybridized carbons (Fsp3) is 0.433. The molecule has 1 spiro atoms. The maximum atomic E-state index is 13.9. The van der Waals surface area contributed by atoms with Crippen LogP contribution in [0.5, 0.6) is 17.4 Å². The Kier molecular flexibility index (Phi) is 6.91. The zero-order chi connectivity index (χ0) is 29.8. The average Bonchev–Trinajstić information content (AvgIpc) is 3.16. The van der Waals surface area contributed by atoms with Crippen LogP contribution in [0.1, 0.15) is 47.3 Å². The van der Waals surface area contributed by atoms with Crippen molar-refractivity contribution in [2.45, 2.75) is 32.0 Å². The van der Waals surface area contributed by atoms with E-state index in [9.17, 15) is 18.0 Å². The number of benzene rings is 2. The molecular weight excluding hydrogens is 549 g/mol. The summed E-state index contributed by atoms with van der Waals surface area (Å²) in [6.07, 6.45) is -1.74. The molecule has 1 atom stereocenters. The standard InChI is InChI=1S/C30H33F3N6O3/c1-18-20-6-5-7-23(25(20)27(40)38(18)3)42-26-21(30(31,32)33)15-34-28(36-26)35-22-9-8-19(14-24(22)41-4)39-16-29(17-39)10-12-37(2)13-11-29/h5-9,14-15,18H,10-13,16-17H2,1-4H3,(H,34,35,36). The fourth-order valence-corrected chi connectivity index (χ4v) is 6.03. The van der Waals surface area contributed by atoms with Crippen LogP contribution in [0.2, 0.25) is 0 Å². The Morgan fingerprint density at radius 2 is 1.81 bits per heavy atom. The summed E-state index contributed by atoms with van der Waals surface area (Å²) in [5, 5.41) is 2.97. The normalized spacial score (nSPS) is 20.0. The van der Waals surface area contributed by atoms with E-state index in [1.54, 1.807) is 25.2 Å². The number of alkyl halides is 3. The molecule has 1 aromatic heterocycles. The molecule has 0 bridgehead atoms. The highest BCUT2D eigenvalue weighted by molar-refractivity contribution is 6.01. The van der Waals surface area contributed by atoms with Crippen LogP contribution in [0.25, 0.3) is 0 Å². The third kappa shape index (κ3) is 4.97. The summed E-state index contributed by atoms with van der Waals surface area (Å²) >= 11 is 0. The number of fused-ring (bicyclic) bond motifs is 1. The van der Waals surface area contributed by atoms with Crippen molar-refractivity contribution in [3.63, 3.8) is 0 Å². The quantitative estimate of drug-likeness (QED) is 0.395. The largest absolute Gasteiger partial charge is 0.494 e. The molecule has 42 heavy (non-hydrogen) atoms. The topological polar surface area (TPSA) is 83.1 Å². The Morgan fingerprint density at radius 1 is 1.07 bits per heavy atom. The minimum atomic E-state index is -4.78. The molecule has 2 fully saturated rings. The summed E-state index contributed by atoms with van der Waals surface area (Å²) in [6.45, 7) is 6.03. The van der Waals surface area contributed by atoms with Gasteiger partial charge in [0.15, 0.2) is 0 Å². The van der Waals surface area contributed by atoms with Crippen molar-refractivity contribution in [3.05, 3.63) is 59.3 Å². The van der Waals surface area contributed by atoms with Gasteiger partial charge in [-0.3, -0.25) is 4.79 Å². The molecule has 9 nitrogen and oxygen atoms in total. The van der Waals surface area contributed by atoms with E-state index in [0.29, 0.717) is 28.6 Å². The summed E-state index contributed by atoms with van der Waals surface area (Å²) in [4.78, 5) is 27.0. The van der Waals surface area contributed by atoms with E-state index >= 15 is 0 Å². The van der Waals surface area contributed by atoms with E-state index in [1.165, 1.54) is 30.9 Å². The Hall–Kier alpha value is -4.06. The van der Waals surface area contributed by atoms with E-state index in [1.807, 2.05) is 19.1 Å². The van der Waals surface area contributed by atoms with Crippen LogP contribution >= 0.6 is 0 Å².